The van der Waals surface area contributed by atoms with Gasteiger partial charge in [-0.05, 0) is 25.1 Å². The van der Waals surface area contributed by atoms with Crippen LogP contribution in [0.1, 0.15) is 19.8 Å². The summed E-state index contributed by atoms with van der Waals surface area (Å²) < 4.78 is 15.4. The monoisotopic (exact) mass is 304 g/mol. The van der Waals surface area contributed by atoms with Crippen LogP contribution in [0.4, 0.5) is 5.69 Å². The lowest BCUT2D eigenvalue weighted by atomic mass is 10.0. The van der Waals surface area contributed by atoms with E-state index in [0.29, 0.717) is 36.4 Å². The maximum absolute atomic E-state index is 12.0. The molecule has 1 amide bonds. The van der Waals surface area contributed by atoms with Crippen molar-refractivity contribution < 1.29 is 23.5 Å². The minimum atomic E-state index is -0.245. The van der Waals surface area contributed by atoms with E-state index in [1.165, 1.54) is 0 Å². The zero-order valence-corrected chi connectivity index (χ0v) is 12.1. The van der Waals surface area contributed by atoms with Crippen molar-refractivity contribution in [3.05, 3.63) is 18.2 Å². The summed E-state index contributed by atoms with van der Waals surface area (Å²) in [6.07, 6.45) is 0.767. The Morgan fingerprint density at radius 3 is 3.09 bits per heavy atom. The van der Waals surface area contributed by atoms with Crippen LogP contribution in [-0.4, -0.2) is 30.1 Å². The van der Waals surface area contributed by atoms with Crippen LogP contribution in [0.5, 0.6) is 6.08 Å². The first-order valence-corrected chi connectivity index (χ1v) is 7.13. The van der Waals surface area contributed by atoms with Crippen LogP contribution in [0.15, 0.2) is 22.6 Å². The largest absolute Gasteiger partial charge is 0.465 e. The first-order valence-electron chi connectivity index (χ1n) is 7.13. The standard InChI is InChI=1S/C15H16N2O5/c1-2-20-15-17-11-7-10(3-4-12(11)22-15)16-13(18)5-9-6-14(19)21-8-9/h3-4,7,9H,2,5-6,8H2,1H3,(H,16,18)/t9-/m0/s1. The highest BCUT2D eigenvalue weighted by molar-refractivity contribution is 5.93. The van der Waals surface area contributed by atoms with E-state index in [2.05, 4.69) is 10.3 Å². The van der Waals surface area contributed by atoms with Gasteiger partial charge in [0.1, 0.15) is 5.52 Å². The molecule has 1 saturated heterocycles. The van der Waals surface area contributed by atoms with Crippen molar-refractivity contribution in [2.24, 2.45) is 5.92 Å². The Kier molecular flexibility index (Phi) is 3.95. The SMILES string of the molecule is CCOc1nc2cc(NC(=O)C[C@@H]3COC(=O)C3)ccc2o1. The molecular formula is C15H16N2O5. The molecule has 0 saturated carbocycles. The van der Waals surface area contributed by atoms with Crippen LogP contribution in [0.2, 0.25) is 0 Å². The number of carbonyl (C=O) groups is 2. The average molecular weight is 304 g/mol. The Bertz CT molecular complexity index is 709. The van der Waals surface area contributed by atoms with Gasteiger partial charge in [0.15, 0.2) is 5.58 Å². The van der Waals surface area contributed by atoms with Crippen molar-refractivity contribution >= 4 is 28.7 Å². The third-order valence-electron chi connectivity index (χ3n) is 3.33. The molecule has 1 aliphatic rings. The lowest BCUT2D eigenvalue weighted by Crippen LogP contribution is -2.16. The molecule has 7 heteroatoms. The van der Waals surface area contributed by atoms with Crippen LogP contribution in [0.3, 0.4) is 0 Å². The van der Waals surface area contributed by atoms with E-state index in [-0.39, 0.29) is 30.3 Å². The number of amides is 1. The molecule has 0 bridgehead atoms. The molecule has 1 aromatic carbocycles. The van der Waals surface area contributed by atoms with Gasteiger partial charge in [-0.1, -0.05) is 0 Å². The summed E-state index contributed by atoms with van der Waals surface area (Å²) in [5.74, 6) is -0.450. The fraction of sp³-hybridized carbons (Fsp3) is 0.400. The average Bonchev–Trinajstić information content (AvgIpc) is 3.04. The molecule has 2 heterocycles. The maximum Gasteiger partial charge on any atom is 0.394 e. The Morgan fingerprint density at radius 2 is 2.36 bits per heavy atom. The van der Waals surface area contributed by atoms with Gasteiger partial charge in [-0.25, -0.2) is 0 Å². The molecule has 1 aromatic heterocycles. The number of esters is 1. The van der Waals surface area contributed by atoms with Crippen LogP contribution >= 0.6 is 0 Å². The Balaban J connectivity index is 1.65. The van der Waals surface area contributed by atoms with Crippen molar-refractivity contribution in [1.82, 2.24) is 4.98 Å². The third kappa shape index (κ3) is 3.19. The smallest absolute Gasteiger partial charge is 0.394 e. The topological polar surface area (TPSA) is 90.7 Å². The molecule has 7 nitrogen and oxygen atoms in total. The van der Waals surface area contributed by atoms with Crippen LogP contribution < -0.4 is 10.1 Å². The van der Waals surface area contributed by atoms with Gasteiger partial charge in [0.25, 0.3) is 0 Å². The van der Waals surface area contributed by atoms with Crippen molar-refractivity contribution in [3.63, 3.8) is 0 Å². The van der Waals surface area contributed by atoms with Gasteiger partial charge in [0.05, 0.1) is 19.6 Å². The predicted molar refractivity (Wildman–Crippen MR) is 77.5 cm³/mol. The lowest BCUT2D eigenvalue weighted by Gasteiger charge is -2.07. The molecule has 1 aliphatic heterocycles. The molecule has 1 atom stereocenters. The van der Waals surface area contributed by atoms with Gasteiger partial charge >= 0.3 is 12.0 Å². The van der Waals surface area contributed by atoms with Crippen molar-refractivity contribution in [2.75, 3.05) is 18.5 Å². The van der Waals surface area contributed by atoms with Crippen LogP contribution in [-0.2, 0) is 14.3 Å². The number of ether oxygens (including phenoxy) is 2. The molecule has 0 radical (unpaired) electrons. The first kappa shape index (κ1) is 14.4. The molecule has 2 aromatic rings. The van der Waals surface area contributed by atoms with E-state index in [0.717, 1.165) is 0 Å². The number of oxazole rings is 1. The summed E-state index contributed by atoms with van der Waals surface area (Å²) in [7, 11) is 0. The molecule has 0 spiro atoms. The van der Waals surface area contributed by atoms with E-state index in [1.54, 1.807) is 18.2 Å². The second-order valence-corrected chi connectivity index (χ2v) is 5.10. The van der Waals surface area contributed by atoms with Crippen molar-refractivity contribution in [1.29, 1.82) is 0 Å². The summed E-state index contributed by atoms with van der Waals surface area (Å²) >= 11 is 0. The van der Waals surface area contributed by atoms with Gasteiger partial charge in [0, 0.05) is 18.0 Å². The highest BCUT2D eigenvalue weighted by atomic mass is 16.6. The number of anilines is 1. The Hall–Kier alpha value is -2.57. The highest BCUT2D eigenvalue weighted by Gasteiger charge is 2.25. The summed E-state index contributed by atoms with van der Waals surface area (Å²) in [6.45, 7) is 2.63. The molecule has 1 N–H and O–H groups in total. The van der Waals surface area contributed by atoms with E-state index in [1.807, 2.05) is 6.92 Å². The second-order valence-electron chi connectivity index (χ2n) is 5.10. The fourth-order valence-electron chi connectivity index (χ4n) is 2.34. The number of aromatic nitrogens is 1. The zero-order valence-electron chi connectivity index (χ0n) is 12.1. The second kappa shape index (κ2) is 6.05. The number of cyclic esters (lactones) is 1. The van der Waals surface area contributed by atoms with E-state index in [9.17, 15) is 9.59 Å². The van der Waals surface area contributed by atoms with Crippen molar-refractivity contribution in [3.8, 4) is 6.08 Å². The highest BCUT2D eigenvalue weighted by Crippen LogP contribution is 2.24. The van der Waals surface area contributed by atoms with Gasteiger partial charge < -0.3 is 19.2 Å². The van der Waals surface area contributed by atoms with E-state index in [4.69, 9.17) is 13.9 Å². The lowest BCUT2D eigenvalue weighted by molar-refractivity contribution is -0.138. The molecule has 22 heavy (non-hydrogen) atoms. The molecule has 0 aliphatic carbocycles. The van der Waals surface area contributed by atoms with Gasteiger partial charge in [-0.2, -0.15) is 4.98 Å². The summed E-state index contributed by atoms with van der Waals surface area (Å²) in [4.78, 5) is 27.2. The van der Waals surface area contributed by atoms with Gasteiger partial charge in [0.2, 0.25) is 5.91 Å². The minimum absolute atomic E-state index is 0.0483. The molecule has 3 rings (SSSR count). The molecule has 1 fully saturated rings. The normalized spacial score (nSPS) is 17.5. The predicted octanol–water partition coefficient (Wildman–Crippen LogP) is 2.12. The number of benzene rings is 1. The number of nitrogens with zero attached hydrogens (tertiary/aromatic N) is 1. The zero-order chi connectivity index (χ0) is 15.5. The molecule has 0 unspecified atom stereocenters. The van der Waals surface area contributed by atoms with Crippen LogP contribution in [0.25, 0.3) is 11.1 Å². The number of hydrogen-bond acceptors (Lipinski definition) is 6. The number of fused-ring (bicyclic) bond motifs is 1. The van der Waals surface area contributed by atoms with E-state index < -0.39 is 0 Å². The summed E-state index contributed by atoms with van der Waals surface area (Å²) in [5.41, 5.74) is 1.83. The quantitative estimate of drug-likeness (QED) is 0.851. The number of carbonyl (C=O) groups excluding carboxylic acids is 2. The van der Waals surface area contributed by atoms with Crippen molar-refractivity contribution in [2.45, 2.75) is 19.8 Å². The summed E-state index contributed by atoms with van der Waals surface area (Å²) in [6, 6.07) is 5.18. The third-order valence-corrected chi connectivity index (χ3v) is 3.33. The maximum atomic E-state index is 12.0. The summed E-state index contributed by atoms with van der Waals surface area (Å²) in [5, 5.41) is 2.79. The Morgan fingerprint density at radius 1 is 1.50 bits per heavy atom. The van der Waals surface area contributed by atoms with Gasteiger partial charge in [-0.3, -0.25) is 9.59 Å². The Labute approximate surface area is 126 Å². The first-order chi connectivity index (χ1) is 10.6. The fourth-order valence-corrected chi connectivity index (χ4v) is 2.34. The number of hydrogen-bond donors (Lipinski definition) is 1. The van der Waals surface area contributed by atoms with Gasteiger partial charge in [-0.15, -0.1) is 0 Å². The molecule has 116 valence electrons. The minimum Gasteiger partial charge on any atom is -0.465 e. The number of nitrogens with one attached hydrogen (secondary N) is 1. The molecular weight excluding hydrogens is 288 g/mol. The number of rotatable bonds is 5. The van der Waals surface area contributed by atoms with Crippen LogP contribution in [0, 0.1) is 5.92 Å². The van der Waals surface area contributed by atoms with E-state index >= 15 is 0 Å².